The molecule has 0 aliphatic heterocycles. The lowest BCUT2D eigenvalue weighted by Gasteiger charge is -2.22. The van der Waals surface area contributed by atoms with Crippen LogP contribution in [0.1, 0.15) is 44.2 Å². The molecule has 0 aliphatic carbocycles. The molecule has 5 heteroatoms. The van der Waals surface area contributed by atoms with Crippen LogP contribution in [0.5, 0.6) is 0 Å². The minimum absolute atomic E-state index is 0.0674. The summed E-state index contributed by atoms with van der Waals surface area (Å²) in [6, 6.07) is 9.17. The van der Waals surface area contributed by atoms with Crippen molar-refractivity contribution >= 4 is 5.91 Å². The molecule has 1 atom stereocenters. The molecule has 20 heavy (non-hydrogen) atoms. The number of aromatic nitrogens is 2. The maximum atomic E-state index is 12.2. The van der Waals surface area contributed by atoms with E-state index in [4.69, 9.17) is 4.42 Å². The predicted molar refractivity (Wildman–Crippen MR) is 74.9 cm³/mol. The smallest absolute Gasteiger partial charge is 0.243 e. The van der Waals surface area contributed by atoms with Crippen molar-refractivity contribution in [1.82, 2.24) is 15.5 Å². The van der Waals surface area contributed by atoms with E-state index in [0.717, 1.165) is 5.56 Å². The third-order valence-corrected chi connectivity index (χ3v) is 2.88. The topological polar surface area (TPSA) is 68.0 Å². The van der Waals surface area contributed by atoms with E-state index in [-0.39, 0.29) is 5.91 Å². The lowest BCUT2D eigenvalue weighted by atomic mass is 9.94. The second-order valence-electron chi connectivity index (χ2n) is 5.73. The van der Waals surface area contributed by atoms with Crippen molar-refractivity contribution < 1.29 is 9.21 Å². The van der Waals surface area contributed by atoms with Gasteiger partial charge in [0.2, 0.25) is 17.7 Å². The Kier molecular flexibility index (Phi) is 3.88. The maximum absolute atomic E-state index is 12.2. The van der Waals surface area contributed by atoms with Crippen LogP contribution in [-0.2, 0) is 4.79 Å². The van der Waals surface area contributed by atoms with Gasteiger partial charge in [-0.1, -0.05) is 51.1 Å². The number of nitrogens with one attached hydrogen (secondary N) is 1. The van der Waals surface area contributed by atoms with Crippen molar-refractivity contribution in [3.63, 3.8) is 0 Å². The van der Waals surface area contributed by atoms with E-state index in [9.17, 15) is 4.79 Å². The summed E-state index contributed by atoms with van der Waals surface area (Å²) in [5.74, 6) is 0.805. The van der Waals surface area contributed by atoms with Crippen LogP contribution in [0.15, 0.2) is 34.7 Å². The second kappa shape index (κ2) is 5.45. The van der Waals surface area contributed by atoms with Gasteiger partial charge in [-0.3, -0.25) is 4.79 Å². The maximum Gasteiger partial charge on any atom is 0.243 e. The van der Waals surface area contributed by atoms with E-state index >= 15 is 0 Å². The lowest BCUT2D eigenvalue weighted by Crippen LogP contribution is -2.38. The third kappa shape index (κ3) is 3.23. The minimum atomic E-state index is -0.484. The standard InChI is InChI=1S/C15H19N3O2/c1-10-17-18-13(20-10)12(11-8-6-5-7-9-11)16-14(19)15(2,3)4/h5-9,12H,1-4H3,(H,16,19). The highest BCUT2D eigenvalue weighted by molar-refractivity contribution is 5.82. The van der Waals surface area contributed by atoms with E-state index < -0.39 is 11.5 Å². The fourth-order valence-electron chi connectivity index (χ4n) is 1.71. The molecule has 1 aromatic heterocycles. The number of hydrogen-bond acceptors (Lipinski definition) is 4. The van der Waals surface area contributed by atoms with Crippen LogP contribution in [-0.4, -0.2) is 16.1 Å². The van der Waals surface area contributed by atoms with Crippen LogP contribution in [0.4, 0.5) is 0 Å². The molecule has 2 aromatic rings. The first kappa shape index (κ1) is 14.2. The molecule has 2 rings (SSSR count). The van der Waals surface area contributed by atoms with Crippen LogP contribution < -0.4 is 5.32 Å². The molecule has 0 radical (unpaired) electrons. The first-order valence-electron chi connectivity index (χ1n) is 6.54. The Balaban J connectivity index is 2.33. The molecule has 0 aliphatic rings. The Morgan fingerprint density at radius 1 is 1.20 bits per heavy atom. The van der Waals surface area contributed by atoms with Crippen molar-refractivity contribution in [3.05, 3.63) is 47.7 Å². The number of amides is 1. The molecule has 0 spiro atoms. The second-order valence-corrected chi connectivity index (χ2v) is 5.73. The summed E-state index contributed by atoms with van der Waals surface area (Å²) in [6.45, 7) is 7.32. The zero-order valence-corrected chi connectivity index (χ0v) is 12.2. The molecule has 1 amide bonds. The molecule has 1 aromatic carbocycles. The van der Waals surface area contributed by atoms with Gasteiger partial charge < -0.3 is 9.73 Å². The van der Waals surface area contributed by atoms with Crippen molar-refractivity contribution in [2.75, 3.05) is 0 Å². The van der Waals surface area contributed by atoms with Gasteiger partial charge in [-0.25, -0.2) is 0 Å². The van der Waals surface area contributed by atoms with E-state index in [2.05, 4.69) is 15.5 Å². The number of rotatable bonds is 3. The van der Waals surface area contributed by atoms with Crippen molar-refractivity contribution in [3.8, 4) is 0 Å². The summed E-state index contributed by atoms with van der Waals surface area (Å²) >= 11 is 0. The van der Waals surface area contributed by atoms with Gasteiger partial charge in [0.05, 0.1) is 0 Å². The van der Waals surface area contributed by atoms with E-state index in [1.54, 1.807) is 6.92 Å². The van der Waals surface area contributed by atoms with Crippen LogP contribution in [0.3, 0.4) is 0 Å². The average Bonchev–Trinajstić information content (AvgIpc) is 2.82. The Hall–Kier alpha value is -2.17. The molecular formula is C15H19N3O2. The molecule has 1 unspecified atom stereocenters. The first-order valence-corrected chi connectivity index (χ1v) is 6.54. The molecule has 1 heterocycles. The fourth-order valence-corrected chi connectivity index (χ4v) is 1.71. The van der Waals surface area contributed by atoms with Gasteiger partial charge in [0, 0.05) is 12.3 Å². The quantitative estimate of drug-likeness (QED) is 0.933. The van der Waals surface area contributed by atoms with E-state index in [1.165, 1.54) is 0 Å². The number of carbonyl (C=O) groups excluding carboxylic acids is 1. The monoisotopic (exact) mass is 273 g/mol. The molecule has 0 saturated heterocycles. The Bertz CT molecular complexity index is 585. The molecule has 106 valence electrons. The zero-order chi connectivity index (χ0) is 14.8. The number of aryl methyl sites for hydroxylation is 1. The van der Waals surface area contributed by atoms with Gasteiger partial charge in [-0.2, -0.15) is 0 Å². The SMILES string of the molecule is Cc1nnc(C(NC(=O)C(C)(C)C)c2ccccc2)o1. The average molecular weight is 273 g/mol. The molecule has 0 saturated carbocycles. The summed E-state index contributed by atoms with van der Waals surface area (Å²) in [5.41, 5.74) is 0.427. The van der Waals surface area contributed by atoms with Gasteiger partial charge in [0.25, 0.3) is 0 Å². The Labute approximate surface area is 118 Å². The third-order valence-electron chi connectivity index (χ3n) is 2.88. The first-order chi connectivity index (χ1) is 9.38. The normalized spacial score (nSPS) is 13.0. The number of benzene rings is 1. The fraction of sp³-hybridized carbons (Fsp3) is 0.400. The number of nitrogens with zero attached hydrogens (tertiary/aromatic N) is 2. The molecular weight excluding hydrogens is 254 g/mol. The highest BCUT2D eigenvalue weighted by atomic mass is 16.4. The summed E-state index contributed by atoms with van der Waals surface area (Å²) in [7, 11) is 0. The summed E-state index contributed by atoms with van der Waals surface area (Å²) in [4.78, 5) is 12.2. The largest absolute Gasteiger partial charge is 0.423 e. The Morgan fingerprint density at radius 2 is 1.85 bits per heavy atom. The van der Waals surface area contributed by atoms with Crippen molar-refractivity contribution in [1.29, 1.82) is 0 Å². The molecule has 0 fully saturated rings. The number of hydrogen-bond donors (Lipinski definition) is 1. The summed E-state index contributed by atoms with van der Waals surface area (Å²) in [6.07, 6.45) is 0. The van der Waals surface area contributed by atoms with Gasteiger partial charge in [-0.05, 0) is 5.56 Å². The highest BCUT2D eigenvalue weighted by Crippen LogP contribution is 2.23. The van der Waals surface area contributed by atoms with E-state index in [1.807, 2.05) is 51.1 Å². The zero-order valence-electron chi connectivity index (χ0n) is 12.2. The molecule has 1 N–H and O–H groups in total. The van der Waals surface area contributed by atoms with Gasteiger partial charge in [0.15, 0.2) is 0 Å². The van der Waals surface area contributed by atoms with Crippen molar-refractivity contribution in [2.45, 2.75) is 33.7 Å². The van der Waals surface area contributed by atoms with Crippen molar-refractivity contribution in [2.24, 2.45) is 5.41 Å². The lowest BCUT2D eigenvalue weighted by molar-refractivity contribution is -0.129. The minimum Gasteiger partial charge on any atom is -0.423 e. The number of carbonyl (C=O) groups is 1. The highest BCUT2D eigenvalue weighted by Gasteiger charge is 2.28. The van der Waals surface area contributed by atoms with Crippen LogP contribution in [0.2, 0.25) is 0 Å². The van der Waals surface area contributed by atoms with Crippen LogP contribution >= 0.6 is 0 Å². The molecule has 5 nitrogen and oxygen atoms in total. The van der Waals surface area contributed by atoms with Crippen LogP contribution in [0.25, 0.3) is 0 Å². The van der Waals surface area contributed by atoms with E-state index in [0.29, 0.717) is 11.8 Å². The van der Waals surface area contributed by atoms with Gasteiger partial charge >= 0.3 is 0 Å². The summed E-state index contributed by atoms with van der Waals surface area (Å²) in [5, 5.41) is 10.8. The van der Waals surface area contributed by atoms with Gasteiger partial charge in [0.1, 0.15) is 6.04 Å². The molecule has 0 bridgehead atoms. The van der Waals surface area contributed by atoms with Gasteiger partial charge in [-0.15, -0.1) is 10.2 Å². The predicted octanol–water partition coefficient (Wildman–Crippen LogP) is 2.63. The Morgan fingerprint density at radius 3 is 2.35 bits per heavy atom. The summed E-state index contributed by atoms with van der Waals surface area (Å²) < 4.78 is 5.48. The van der Waals surface area contributed by atoms with Crippen LogP contribution in [0, 0.1) is 12.3 Å².